The number of carbonyl (C=O) groups is 1. The van der Waals surface area contributed by atoms with E-state index in [9.17, 15) is 14.9 Å². The molecule has 100 valence electrons. The lowest BCUT2D eigenvalue weighted by molar-refractivity contribution is -0.385. The second-order valence-corrected chi connectivity index (χ2v) is 3.98. The van der Waals surface area contributed by atoms with E-state index in [1.54, 1.807) is 6.07 Å². The minimum absolute atomic E-state index is 0.0620. The van der Waals surface area contributed by atoms with Gasteiger partial charge in [-0.1, -0.05) is 0 Å². The molecule has 0 aliphatic heterocycles. The molecule has 1 amide bonds. The molecule has 19 heavy (non-hydrogen) atoms. The van der Waals surface area contributed by atoms with Gasteiger partial charge in [-0.25, -0.2) is 0 Å². The van der Waals surface area contributed by atoms with E-state index in [4.69, 9.17) is 10.00 Å². The lowest BCUT2D eigenvalue weighted by atomic mass is 9.97. The van der Waals surface area contributed by atoms with E-state index in [1.807, 2.05) is 0 Å². The molecule has 0 bridgehead atoms. The Kier molecular flexibility index (Phi) is 4.42. The zero-order chi connectivity index (χ0) is 14.6. The maximum Gasteiger partial charge on any atom is 0.278 e. The van der Waals surface area contributed by atoms with Crippen LogP contribution >= 0.6 is 0 Å². The van der Waals surface area contributed by atoms with Crippen molar-refractivity contribution in [2.45, 2.75) is 5.92 Å². The first kappa shape index (κ1) is 14.4. The van der Waals surface area contributed by atoms with E-state index in [2.05, 4.69) is 0 Å². The maximum absolute atomic E-state index is 11.9. The number of carbonyl (C=O) groups excluding carboxylic acids is 1. The normalized spacial score (nSPS) is 11.3. The molecule has 0 saturated heterocycles. The SMILES string of the molecule is COc1ccc(C(C#N)C(=O)N(C)C)c([N+](=O)[O-])c1. The predicted octanol–water partition coefficient (Wildman–Crippen LogP) is 1.30. The van der Waals surface area contributed by atoms with E-state index in [-0.39, 0.29) is 11.3 Å². The third-order valence-electron chi connectivity index (χ3n) is 2.56. The molecule has 1 aromatic rings. The summed E-state index contributed by atoms with van der Waals surface area (Å²) in [5.41, 5.74) is -0.242. The zero-order valence-electron chi connectivity index (χ0n) is 10.8. The van der Waals surface area contributed by atoms with Crippen LogP contribution in [0.1, 0.15) is 11.5 Å². The molecule has 0 spiro atoms. The van der Waals surface area contributed by atoms with Crippen LogP contribution in [0.15, 0.2) is 18.2 Å². The highest BCUT2D eigenvalue weighted by molar-refractivity contribution is 5.87. The first-order valence-corrected chi connectivity index (χ1v) is 5.35. The standard InChI is InChI=1S/C12H13N3O4/c1-14(2)12(16)10(7-13)9-5-4-8(19-3)6-11(9)15(17)18/h4-6,10H,1-3H3. The number of amides is 1. The van der Waals surface area contributed by atoms with Crippen molar-refractivity contribution in [1.82, 2.24) is 4.90 Å². The summed E-state index contributed by atoms with van der Waals surface area (Å²) in [7, 11) is 4.36. The molecule has 1 rings (SSSR count). The van der Waals surface area contributed by atoms with Gasteiger partial charge in [0, 0.05) is 14.1 Å². The lowest BCUT2D eigenvalue weighted by Gasteiger charge is -2.15. The second-order valence-electron chi connectivity index (χ2n) is 3.98. The number of nitriles is 1. The topological polar surface area (TPSA) is 96.5 Å². The number of likely N-dealkylation sites (N-methyl/N-ethyl adjacent to an activating group) is 1. The number of nitro groups is 1. The van der Waals surface area contributed by atoms with E-state index in [0.717, 1.165) is 0 Å². The summed E-state index contributed by atoms with van der Waals surface area (Å²) >= 11 is 0. The van der Waals surface area contributed by atoms with Crippen LogP contribution in [0.5, 0.6) is 5.75 Å². The predicted molar refractivity (Wildman–Crippen MR) is 66.7 cm³/mol. The summed E-state index contributed by atoms with van der Waals surface area (Å²) in [6.07, 6.45) is 0. The summed E-state index contributed by atoms with van der Waals surface area (Å²) in [6.45, 7) is 0. The van der Waals surface area contributed by atoms with Crippen molar-refractivity contribution in [2.24, 2.45) is 0 Å². The number of methoxy groups -OCH3 is 1. The van der Waals surface area contributed by atoms with Gasteiger partial charge in [0.25, 0.3) is 5.69 Å². The fourth-order valence-corrected chi connectivity index (χ4v) is 1.57. The fourth-order valence-electron chi connectivity index (χ4n) is 1.57. The van der Waals surface area contributed by atoms with Crippen LogP contribution in [0.25, 0.3) is 0 Å². The number of ether oxygens (including phenoxy) is 1. The molecule has 0 saturated carbocycles. The highest BCUT2D eigenvalue weighted by Gasteiger charge is 2.29. The molecule has 1 atom stereocenters. The molecule has 0 aliphatic carbocycles. The summed E-state index contributed by atoms with van der Waals surface area (Å²) in [6, 6.07) is 5.84. The van der Waals surface area contributed by atoms with Gasteiger partial charge >= 0.3 is 0 Å². The molecule has 0 N–H and O–H groups in total. The highest BCUT2D eigenvalue weighted by atomic mass is 16.6. The van der Waals surface area contributed by atoms with Crippen LogP contribution in [0, 0.1) is 21.4 Å². The Morgan fingerprint density at radius 1 is 1.53 bits per heavy atom. The Morgan fingerprint density at radius 2 is 2.16 bits per heavy atom. The van der Waals surface area contributed by atoms with Gasteiger partial charge in [-0.3, -0.25) is 14.9 Å². The van der Waals surface area contributed by atoms with Gasteiger partial charge in [-0.2, -0.15) is 5.26 Å². The van der Waals surface area contributed by atoms with Crippen LogP contribution in [0.4, 0.5) is 5.69 Å². The molecule has 1 aromatic carbocycles. The average molecular weight is 263 g/mol. The van der Waals surface area contributed by atoms with Crippen LogP contribution in [-0.2, 0) is 4.79 Å². The smallest absolute Gasteiger partial charge is 0.278 e. The van der Waals surface area contributed by atoms with Crippen LogP contribution in [0.3, 0.4) is 0 Å². The largest absolute Gasteiger partial charge is 0.497 e. The van der Waals surface area contributed by atoms with Crippen molar-refractivity contribution in [3.05, 3.63) is 33.9 Å². The zero-order valence-corrected chi connectivity index (χ0v) is 10.8. The van der Waals surface area contributed by atoms with Crippen LogP contribution in [-0.4, -0.2) is 36.9 Å². The van der Waals surface area contributed by atoms with Crippen molar-refractivity contribution in [3.63, 3.8) is 0 Å². The Bertz CT molecular complexity index is 548. The van der Waals surface area contributed by atoms with Gasteiger partial charge in [-0.05, 0) is 12.1 Å². The molecular weight excluding hydrogens is 250 g/mol. The maximum atomic E-state index is 11.9. The number of rotatable bonds is 4. The van der Waals surface area contributed by atoms with Crippen LogP contribution in [0.2, 0.25) is 0 Å². The van der Waals surface area contributed by atoms with Gasteiger partial charge in [0.15, 0.2) is 5.92 Å². The Labute approximate surface area is 110 Å². The molecule has 0 aromatic heterocycles. The molecular formula is C12H13N3O4. The summed E-state index contributed by atoms with van der Waals surface area (Å²) in [4.78, 5) is 23.5. The molecule has 0 radical (unpaired) electrons. The van der Waals surface area contributed by atoms with Crippen molar-refractivity contribution >= 4 is 11.6 Å². The molecule has 0 aliphatic rings. The number of nitrogens with zero attached hydrogens (tertiary/aromatic N) is 3. The number of hydrogen-bond donors (Lipinski definition) is 0. The van der Waals surface area contributed by atoms with Gasteiger partial charge < -0.3 is 9.64 Å². The van der Waals surface area contributed by atoms with Gasteiger partial charge in [0.1, 0.15) is 5.75 Å². The van der Waals surface area contributed by atoms with Gasteiger partial charge in [-0.15, -0.1) is 0 Å². The van der Waals surface area contributed by atoms with Crippen molar-refractivity contribution in [2.75, 3.05) is 21.2 Å². The third kappa shape index (κ3) is 2.98. The first-order chi connectivity index (χ1) is 8.92. The monoisotopic (exact) mass is 263 g/mol. The Morgan fingerprint density at radius 3 is 2.58 bits per heavy atom. The van der Waals surface area contributed by atoms with Gasteiger partial charge in [0.05, 0.1) is 29.7 Å². The lowest BCUT2D eigenvalue weighted by Crippen LogP contribution is -2.27. The van der Waals surface area contributed by atoms with E-state index in [0.29, 0.717) is 5.75 Å². The summed E-state index contributed by atoms with van der Waals surface area (Å²) in [5, 5.41) is 20.1. The molecule has 1 unspecified atom stereocenters. The fraction of sp³-hybridized carbons (Fsp3) is 0.333. The number of hydrogen-bond acceptors (Lipinski definition) is 5. The number of nitro benzene ring substituents is 1. The average Bonchev–Trinajstić information content (AvgIpc) is 2.39. The minimum atomic E-state index is -1.21. The minimum Gasteiger partial charge on any atom is -0.497 e. The van der Waals surface area contributed by atoms with E-state index in [1.165, 1.54) is 44.3 Å². The first-order valence-electron chi connectivity index (χ1n) is 5.35. The molecule has 7 heteroatoms. The third-order valence-corrected chi connectivity index (χ3v) is 2.56. The molecule has 7 nitrogen and oxygen atoms in total. The number of benzene rings is 1. The van der Waals surface area contributed by atoms with Crippen molar-refractivity contribution in [1.29, 1.82) is 5.26 Å². The van der Waals surface area contributed by atoms with Crippen molar-refractivity contribution < 1.29 is 14.5 Å². The molecule has 0 fully saturated rings. The molecule has 0 heterocycles. The Balaban J connectivity index is 3.36. The Hall–Kier alpha value is -2.62. The van der Waals surface area contributed by atoms with E-state index >= 15 is 0 Å². The highest BCUT2D eigenvalue weighted by Crippen LogP contribution is 2.31. The van der Waals surface area contributed by atoms with E-state index < -0.39 is 16.7 Å². The summed E-state index contributed by atoms with van der Waals surface area (Å²) in [5.74, 6) is -1.42. The quantitative estimate of drug-likeness (QED) is 0.602. The summed E-state index contributed by atoms with van der Waals surface area (Å²) < 4.78 is 4.90. The van der Waals surface area contributed by atoms with Crippen molar-refractivity contribution in [3.8, 4) is 11.8 Å². The van der Waals surface area contributed by atoms with Crippen LogP contribution < -0.4 is 4.74 Å². The second kappa shape index (κ2) is 5.82. The van der Waals surface area contributed by atoms with Gasteiger partial charge in [0.2, 0.25) is 5.91 Å².